The normalized spacial score (nSPS) is 11.9. The van der Waals surface area contributed by atoms with Gasteiger partial charge in [0.1, 0.15) is 0 Å². The molecule has 19 heavy (non-hydrogen) atoms. The van der Waals surface area contributed by atoms with Crippen molar-refractivity contribution in [2.45, 2.75) is 39.2 Å². The lowest BCUT2D eigenvalue weighted by Crippen LogP contribution is -2.23. The molecule has 1 atom stereocenters. The summed E-state index contributed by atoms with van der Waals surface area (Å²) in [7, 11) is 0. The minimum Gasteiger partial charge on any atom is -0.481 e. The molecule has 0 bridgehead atoms. The molecular weight excluding hydrogens is 244 g/mol. The van der Waals surface area contributed by atoms with E-state index in [2.05, 4.69) is 5.32 Å². The molecule has 0 spiro atoms. The van der Waals surface area contributed by atoms with Gasteiger partial charge in [-0.15, -0.1) is 0 Å². The summed E-state index contributed by atoms with van der Waals surface area (Å²) in [4.78, 5) is 21.9. The molecule has 1 aromatic rings. The van der Waals surface area contributed by atoms with Gasteiger partial charge in [0.2, 0.25) is 5.91 Å². The fourth-order valence-electron chi connectivity index (χ4n) is 2.05. The Labute approximate surface area is 112 Å². The zero-order valence-corrected chi connectivity index (χ0v) is 11.3. The number of nitrogens with two attached hydrogens (primary N) is 1. The summed E-state index contributed by atoms with van der Waals surface area (Å²) in [5.41, 5.74) is 7.31. The lowest BCUT2D eigenvalue weighted by Gasteiger charge is -2.18. The number of aliphatic carboxylic acids is 1. The fourth-order valence-corrected chi connectivity index (χ4v) is 2.05. The molecule has 4 N–H and O–H groups in total. The maximum absolute atomic E-state index is 11.1. The van der Waals surface area contributed by atoms with Crippen LogP contribution in [0.4, 0.5) is 5.69 Å². The van der Waals surface area contributed by atoms with Crippen molar-refractivity contribution >= 4 is 17.6 Å². The number of nitrogens with one attached hydrogen (secondary N) is 1. The van der Waals surface area contributed by atoms with Gasteiger partial charge >= 0.3 is 5.97 Å². The highest BCUT2D eigenvalue weighted by atomic mass is 16.4. The van der Waals surface area contributed by atoms with E-state index in [-0.39, 0.29) is 12.5 Å². The number of carbonyl (C=O) groups excluding carboxylic acids is 1. The molecular formula is C14H20N2O3. The Hall–Kier alpha value is -2.04. The van der Waals surface area contributed by atoms with E-state index in [1.54, 1.807) is 19.1 Å². The molecule has 1 unspecified atom stereocenters. The van der Waals surface area contributed by atoms with Crippen molar-refractivity contribution in [3.8, 4) is 0 Å². The third-order valence-corrected chi connectivity index (χ3v) is 2.92. The smallest absolute Gasteiger partial charge is 0.305 e. The molecule has 1 aromatic carbocycles. The van der Waals surface area contributed by atoms with E-state index in [1.807, 2.05) is 13.0 Å². The number of hydrogen-bond donors (Lipinski definition) is 3. The highest BCUT2D eigenvalue weighted by Crippen LogP contribution is 2.18. The van der Waals surface area contributed by atoms with Gasteiger partial charge in [-0.3, -0.25) is 9.59 Å². The molecule has 1 rings (SSSR count). The maximum Gasteiger partial charge on any atom is 0.305 e. The van der Waals surface area contributed by atoms with Crippen molar-refractivity contribution in [2.75, 3.05) is 5.32 Å². The minimum atomic E-state index is -0.823. The van der Waals surface area contributed by atoms with Crippen LogP contribution in [0.5, 0.6) is 0 Å². The predicted molar refractivity (Wildman–Crippen MR) is 74.3 cm³/mol. The van der Waals surface area contributed by atoms with Gasteiger partial charge in [0.05, 0.1) is 6.42 Å². The summed E-state index contributed by atoms with van der Waals surface area (Å²) >= 11 is 0. The van der Waals surface area contributed by atoms with Crippen molar-refractivity contribution < 1.29 is 14.7 Å². The van der Waals surface area contributed by atoms with E-state index in [1.165, 1.54) is 0 Å². The largest absolute Gasteiger partial charge is 0.481 e. The zero-order valence-electron chi connectivity index (χ0n) is 11.3. The van der Waals surface area contributed by atoms with Crippen LogP contribution in [-0.4, -0.2) is 23.0 Å². The average Bonchev–Trinajstić information content (AvgIpc) is 2.27. The summed E-state index contributed by atoms with van der Waals surface area (Å²) in [6, 6.07) is 5.10. The summed E-state index contributed by atoms with van der Waals surface area (Å²) in [6.45, 7) is 3.81. The van der Waals surface area contributed by atoms with Crippen LogP contribution in [0.25, 0.3) is 0 Å². The van der Waals surface area contributed by atoms with E-state index < -0.39 is 11.9 Å². The van der Waals surface area contributed by atoms with Gasteiger partial charge in [0, 0.05) is 17.3 Å². The zero-order chi connectivity index (χ0) is 14.4. The van der Waals surface area contributed by atoms with Gasteiger partial charge in [-0.25, -0.2) is 0 Å². The Bertz CT molecular complexity index is 472. The molecule has 0 aliphatic heterocycles. The first-order chi connectivity index (χ1) is 8.93. The number of benzene rings is 1. The average molecular weight is 264 g/mol. The number of primary amides is 1. The monoisotopic (exact) mass is 264 g/mol. The van der Waals surface area contributed by atoms with Gasteiger partial charge in [-0.1, -0.05) is 13.3 Å². The van der Waals surface area contributed by atoms with Crippen LogP contribution in [0, 0.1) is 6.92 Å². The third kappa shape index (κ3) is 4.62. The number of carboxylic acids is 1. The molecule has 1 amide bonds. The third-order valence-electron chi connectivity index (χ3n) is 2.92. The molecule has 0 saturated heterocycles. The molecule has 5 heteroatoms. The molecule has 104 valence electrons. The molecule has 0 aliphatic rings. The highest BCUT2D eigenvalue weighted by Gasteiger charge is 2.13. The SMILES string of the molecule is CCCC(CC(=O)O)Nc1ccc(C(N)=O)c(C)c1. The van der Waals surface area contributed by atoms with Crippen LogP contribution < -0.4 is 11.1 Å². The van der Waals surface area contributed by atoms with Crippen LogP contribution >= 0.6 is 0 Å². The second kappa shape index (κ2) is 6.78. The van der Waals surface area contributed by atoms with E-state index in [0.29, 0.717) is 5.56 Å². The van der Waals surface area contributed by atoms with Crippen LogP contribution in [0.15, 0.2) is 18.2 Å². The number of hydrogen-bond acceptors (Lipinski definition) is 3. The van der Waals surface area contributed by atoms with E-state index in [0.717, 1.165) is 24.1 Å². The molecule has 0 fully saturated rings. The molecule has 0 aromatic heterocycles. The van der Waals surface area contributed by atoms with Crippen molar-refractivity contribution in [2.24, 2.45) is 5.73 Å². The number of amides is 1. The molecule has 5 nitrogen and oxygen atoms in total. The standard InChI is InChI=1S/C14H20N2O3/c1-3-4-10(8-13(17)18)16-11-5-6-12(14(15)19)9(2)7-11/h5-7,10,16H,3-4,8H2,1-2H3,(H2,15,19)(H,17,18). The lowest BCUT2D eigenvalue weighted by atomic mass is 10.1. The molecule has 0 heterocycles. The van der Waals surface area contributed by atoms with Gasteiger partial charge in [0.25, 0.3) is 0 Å². The first kappa shape index (κ1) is 15.0. The number of aryl methyl sites for hydroxylation is 1. The second-order valence-corrected chi connectivity index (χ2v) is 4.62. The first-order valence-electron chi connectivity index (χ1n) is 6.32. The van der Waals surface area contributed by atoms with E-state index in [9.17, 15) is 9.59 Å². The predicted octanol–water partition coefficient (Wildman–Crippen LogP) is 2.15. The molecule has 0 radical (unpaired) electrons. The topological polar surface area (TPSA) is 92.4 Å². The second-order valence-electron chi connectivity index (χ2n) is 4.62. The summed E-state index contributed by atoms with van der Waals surface area (Å²) < 4.78 is 0. The summed E-state index contributed by atoms with van der Waals surface area (Å²) in [6.07, 6.45) is 1.76. The Morgan fingerprint density at radius 2 is 2.11 bits per heavy atom. The van der Waals surface area contributed by atoms with Gasteiger partial charge in [-0.2, -0.15) is 0 Å². The maximum atomic E-state index is 11.1. The number of rotatable bonds is 7. The van der Waals surface area contributed by atoms with Crippen LogP contribution in [-0.2, 0) is 4.79 Å². The Kier molecular flexibility index (Phi) is 5.36. The number of carbonyl (C=O) groups is 2. The number of carboxylic acid groups (broad SMARTS) is 1. The van der Waals surface area contributed by atoms with Crippen molar-refractivity contribution in [3.63, 3.8) is 0 Å². The van der Waals surface area contributed by atoms with E-state index in [4.69, 9.17) is 10.8 Å². The first-order valence-corrected chi connectivity index (χ1v) is 6.32. The Morgan fingerprint density at radius 1 is 1.42 bits per heavy atom. The highest BCUT2D eigenvalue weighted by molar-refractivity contribution is 5.94. The number of anilines is 1. The van der Waals surface area contributed by atoms with E-state index >= 15 is 0 Å². The van der Waals surface area contributed by atoms with Gasteiger partial charge < -0.3 is 16.2 Å². The van der Waals surface area contributed by atoms with Crippen LogP contribution in [0.3, 0.4) is 0 Å². The van der Waals surface area contributed by atoms with Crippen molar-refractivity contribution in [1.29, 1.82) is 0 Å². The minimum absolute atomic E-state index is 0.0739. The van der Waals surface area contributed by atoms with Crippen LogP contribution in [0.2, 0.25) is 0 Å². The van der Waals surface area contributed by atoms with Crippen molar-refractivity contribution in [3.05, 3.63) is 29.3 Å². The Morgan fingerprint density at radius 3 is 2.58 bits per heavy atom. The fraction of sp³-hybridized carbons (Fsp3) is 0.429. The van der Waals surface area contributed by atoms with Crippen molar-refractivity contribution in [1.82, 2.24) is 0 Å². The summed E-state index contributed by atoms with van der Waals surface area (Å²) in [5, 5.41) is 12.0. The molecule has 0 aliphatic carbocycles. The van der Waals surface area contributed by atoms with Gasteiger partial charge in [0.15, 0.2) is 0 Å². The Balaban J connectivity index is 2.82. The quantitative estimate of drug-likeness (QED) is 0.703. The summed E-state index contributed by atoms with van der Waals surface area (Å²) in [5.74, 6) is -1.28. The molecule has 0 saturated carbocycles. The lowest BCUT2D eigenvalue weighted by molar-refractivity contribution is -0.137. The van der Waals surface area contributed by atoms with Crippen LogP contribution in [0.1, 0.15) is 42.1 Å². The van der Waals surface area contributed by atoms with Gasteiger partial charge in [-0.05, 0) is 37.1 Å².